The van der Waals surface area contributed by atoms with Crippen LogP contribution >= 0.6 is 0 Å². The maximum absolute atomic E-state index is 11.6. The minimum absolute atomic E-state index is 0.0172. The minimum atomic E-state index is -0.408. The van der Waals surface area contributed by atoms with Crippen molar-refractivity contribution in [3.8, 4) is 0 Å². The van der Waals surface area contributed by atoms with Crippen LogP contribution in [0.3, 0.4) is 0 Å². The molecule has 5 heteroatoms. The van der Waals surface area contributed by atoms with Crippen molar-refractivity contribution in [2.75, 3.05) is 6.54 Å². The van der Waals surface area contributed by atoms with Crippen molar-refractivity contribution in [1.82, 2.24) is 10.6 Å². The van der Waals surface area contributed by atoms with Crippen LogP contribution in [-0.4, -0.2) is 30.4 Å². The molecular formula is C12H21N3O2. The summed E-state index contributed by atoms with van der Waals surface area (Å²) < 4.78 is 0. The Bertz CT molecular complexity index is 298. The van der Waals surface area contributed by atoms with Crippen LogP contribution in [0.4, 0.5) is 0 Å². The van der Waals surface area contributed by atoms with E-state index in [0.717, 1.165) is 19.3 Å². The first-order chi connectivity index (χ1) is 8.15. The Labute approximate surface area is 102 Å². The van der Waals surface area contributed by atoms with Gasteiger partial charge < -0.3 is 16.4 Å². The summed E-state index contributed by atoms with van der Waals surface area (Å²) in [5.74, 6) is 0.536. The van der Waals surface area contributed by atoms with E-state index in [4.69, 9.17) is 5.73 Å². The lowest BCUT2D eigenvalue weighted by Gasteiger charge is -2.11. The molecule has 4 N–H and O–H groups in total. The Kier molecular flexibility index (Phi) is 3.99. The summed E-state index contributed by atoms with van der Waals surface area (Å²) in [5.41, 5.74) is 5.75. The highest BCUT2D eigenvalue weighted by molar-refractivity contribution is 5.82. The Balaban J connectivity index is 1.53. The highest BCUT2D eigenvalue weighted by Crippen LogP contribution is 2.33. The van der Waals surface area contributed by atoms with E-state index in [9.17, 15) is 9.59 Å². The molecule has 0 heterocycles. The second-order valence-electron chi connectivity index (χ2n) is 5.17. The molecule has 0 aromatic rings. The fourth-order valence-corrected chi connectivity index (χ4v) is 1.78. The molecule has 2 aliphatic rings. The molecule has 0 saturated heterocycles. The van der Waals surface area contributed by atoms with Gasteiger partial charge in [-0.05, 0) is 25.2 Å². The maximum Gasteiger partial charge on any atom is 0.236 e. The third kappa shape index (κ3) is 4.73. The van der Waals surface area contributed by atoms with Gasteiger partial charge in [0.15, 0.2) is 0 Å². The Morgan fingerprint density at radius 3 is 2.53 bits per heavy atom. The van der Waals surface area contributed by atoms with Crippen LogP contribution < -0.4 is 16.4 Å². The largest absolute Gasteiger partial charge is 0.354 e. The van der Waals surface area contributed by atoms with E-state index >= 15 is 0 Å². The van der Waals surface area contributed by atoms with Crippen molar-refractivity contribution < 1.29 is 9.59 Å². The van der Waals surface area contributed by atoms with Crippen LogP contribution in [0.2, 0.25) is 0 Å². The average Bonchev–Trinajstić information content (AvgIpc) is 3.13. The number of nitrogens with one attached hydrogen (secondary N) is 2. The van der Waals surface area contributed by atoms with Crippen molar-refractivity contribution in [2.24, 2.45) is 11.7 Å². The van der Waals surface area contributed by atoms with Gasteiger partial charge in [0.2, 0.25) is 11.8 Å². The molecule has 0 spiro atoms. The van der Waals surface area contributed by atoms with Crippen molar-refractivity contribution in [2.45, 2.75) is 50.6 Å². The van der Waals surface area contributed by atoms with Crippen molar-refractivity contribution in [1.29, 1.82) is 0 Å². The highest BCUT2D eigenvalue weighted by Gasteiger charge is 2.27. The van der Waals surface area contributed by atoms with Crippen molar-refractivity contribution >= 4 is 11.8 Å². The summed E-state index contributed by atoms with van der Waals surface area (Å²) in [4.78, 5) is 22.9. The molecule has 2 fully saturated rings. The molecule has 0 radical (unpaired) electrons. The van der Waals surface area contributed by atoms with Crippen LogP contribution in [0.15, 0.2) is 0 Å². The fourth-order valence-electron chi connectivity index (χ4n) is 1.78. The Hall–Kier alpha value is -1.10. The van der Waals surface area contributed by atoms with Crippen LogP contribution in [0.1, 0.15) is 38.5 Å². The smallest absolute Gasteiger partial charge is 0.236 e. The monoisotopic (exact) mass is 239 g/mol. The molecule has 1 atom stereocenters. The topological polar surface area (TPSA) is 84.2 Å². The molecule has 0 aromatic carbocycles. The van der Waals surface area contributed by atoms with E-state index in [-0.39, 0.29) is 11.8 Å². The van der Waals surface area contributed by atoms with Gasteiger partial charge >= 0.3 is 0 Å². The van der Waals surface area contributed by atoms with E-state index in [2.05, 4.69) is 10.6 Å². The third-order valence-corrected chi connectivity index (χ3v) is 3.21. The molecule has 0 aliphatic heterocycles. The molecule has 1 unspecified atom stereocenters. The number of hydrogen-bond acceptors (Lipinski definition) is 3. The van der Waals surface area contributed by atoms with Gasteiger partial charge in [-0.3, -0.25) is 9.59 Å². The van der Waals surface area contributed by atoms with E-state index < -0.39 is 6.04 Å². The maximum atomic E-state index is 11.6. The molecule has 0 aromatic heterocycles. The Morgan fingerprint density at radius 1 is 1.24 bits per heavy atom. The molecule has 2 saturated carbocycles. The van der Waals surface area contributed by atoms with Gasteiger partial charge in [-0.1, -0.05) is 12.8 Å². The molecule has 96 valence electrons. The molecule has 2 rings (SSSR count). The normalized spacial score (nSPS) is 20.8. The van der Waals surface area contributed by atoms with E-state index in [1.165, 1.54) is 12.8 Å². The number of nitrogens with two attached hydrogens (primary N) is 1. The Morgan fingerprint density at radius 2 is 1.94 bits per heavy atom. The second kappa shape index (κ2) is 5.49. The molecule has 2 amide bonds. The number of carbonyl (C=O) groups excluding carboxylic acids is 2. The van der Waals surface area contributed by atoms with Crippen molar-refractivity contribution in [3.05, 3.63) is 0 Å². The van der Waals surface area contributed by atoms with Crippen LogP contribution in [0, 0.1) is 5.92 Å². The second-order valence-corrected chi connectivity index (χ2v) is 5.17. The summed E-state index contributed by atoms with van der Waals surface area (Å²) in [6, 6.07) is -0.0238. The zero-order chi connectivity index (χ0) is 12.3. The summed E-state index contributed by atoms with van der Waals surface area (Å²) >= 11 is 0. The molecule has 2 aliphatic carbocycles. The van der Waals surface area contributed by atoms with E-state index in [0.29, 0.717) is 24.9 Å². The van der Waals surface area contributed by atoms with Crippen LogP contribution in [-0.2, 0) is 9.59 Å². The first-order valence-electron chi connectivity index (χ1n) is 6.48. The SMILES string of the molecule is NC(CC1CC1)C(=O)NCCC(=O)NC1CC1. The highest BCUT2D eigenvalue weighted by atomic mass is 16.2. The van der Waals surface area contributed by atoms with Gasteiger partial charge in [0.05, 0.1) is 6.04 Å². The van der Waals surface area contributed by atoms with Gasteiger partial charge in [0.1, 0.15) is 0 Å². The fraction of sp³-hybridized carbons (Fsp3) is 0.833. The van der Waals surface area contributed by atoms with Crippen LogP contribution in [0.5, 0.6) is 0 Å². The van der Waals surface area contributed by atoms with Gasteiger partial charge in [0, 0.05) is 19.0 Å². The standard InChI is InChI=1S/C12H21N3O2/c13-10(7-8-1-2-8)12(17)14-6-5-11(16)15-9-3-4-9/h8-10H,1-7,13H2,(H,14,17)(H,15,16). The van der Waals surface area contributed by atoms with Gasteiger partial charge in [-0.15, -0.1) is 0 Å². The molecule has 5 nitrogen and oxygen atoms in total. The van der Waals surface area contributed by atoms with Crippen LogP contribution in [0.25, 0.3) is 0 Å². The summed E-state index contributed by atoms with van der Waals surface area (Å²) in [5, 5.41) is 5.59. The number of amides is 2. The lowest BCUT2D eigenvalue weighted by molar-refractivity contribution is -0.123. The lowest BCUT2D eigenvalue weighted by atomic mass is 10.1. The zero-order valence-corrected chi connectivity index (χ0v) is 10.1. The number of carbonyl (C=O) groups is 2. The molecule has 0 bridgehead atoms. The van der Waals surface area contributed by atoms with Gasteiger partial charge in [-0.25, -0.2) is 0 Å². The number of rotatable bonds is 7. The third-order valence-electron chi connectivity index (χ3n) is 3.21. The molecule has 17 heavy (non-hydrogen) atoms. The summed E-state index contributed by atoms with van der Waals surface area (Å²) in [7, 11) is 0. The summed E-state index contributed by atoms with van der Waals surface area (Å²) in [6.07, 6.45) is 5.70. The first kappa shape index (κ1) is 12.4. The summed E-state index contributed by atoms with van der Waals surface area (Å²) in [6.45, 7) is 0.385. The predicted molar refractivity (Wildman–Crippen MR) is 64.1 cm³/mol. The minimum Gasteiger partial charge on any atom is -0.354 e. The first-order valence-corrected chi connectivity index (χ1v) is 6.48. The van der Waals surface area contributed by atoms with Crippen molar-refractivity contribution in [3.63, 3.8) is 0 Å². The molecular weight excluding hydrogens is 218 g/mol. The average molecular weight is 239 g/mol. The predicted octanol–water partition coefficient (Wildman–Crippen LogP) is -0.101. The quantitative estimate of drug-likeness (QED) is 0.580. The van der Waals surface area contributed by atoms with E-state index in [1.54, 1.807) is 0 Å². The van der Waals surface area contributed by atoms with Gasteiger partial charge in [0.25, 0.3) is 0 Å². The number of hydrogen-bond donors (Lipinski definition) is 3. The van der Waals surface area contributed by atoms with Gasteiger partial charge in [-0.2, -0.15) is 0 Å². The lowest BCUT2D eigenvalue weighted by Crippen LogP contribution is -2.42. The zero-order valence-electron chi connectivity index (χ0n) is 10.1. The van der Waals surface area contributed by atoms with E-state index in [1.807, 2.05) is 0 Å².